The van der Waals surface area contributed by atoms with Gasteiger partial charge in [-0.15, -0.1) is 0 Å². The van der Waals surface area contributed by atoms with Gasteiger partial charge in [0.1, 0.15) is 5.82 Å². The molecule has 0 aromatic carbocycles. The number of aliphatic hydroxyl groups excluding tert-OH is 2. The molecule has 3 unspecified atom stereocenters. The predicted molar refractivity (Wildman–Crippen MR) is 65.4 cm³/mol. The summed E-state index contributed by atoms with van der Waals surface area (Å²) in [6, 6.07) is 2.81. The van der Waals surface area contributed by atoms with E-state index >= 15 is 0 Å². The van der Waals surface area contributed by atoms with Crippen LogP contribution in [0.3, 0.4) is 0 Å². The van der Waals surface area contributed by atoms with Crippen molar-refractivity contribution in [1.82, 2.24) is 9.88 Å². The number of hydrogen-bond acceptors (Lipinski definition) is 4. The highest BCUT2D eigenvalue weighted by Crippen LogP contribution is 2.22. The van der Waals surface area contributed by atoms with E-state index in [9.17, 15) is 14.6 Å². The van der Waals surface area contributed by atoms with Crippen LogP contribution >= 0.6 is 0 Å². The third-order valence-electron chi connectivity index (χ3n) is 3.39. The van der Waals surface area contributed by atoms with Crippen LogP contribution in [0.25, 0.3) is 0 Å². The Balaban J connectivity index is 1.92. The van der Waals surface area contributed by atoms with Crippen LogP contribution in [-0.4, -0.2) is 45.8 Å². The lowest BCUT2D eigenvalue weighted by atomic mass is 10.0. The van der Waals surface area contributed by atoms with Crippen LogP contribution in [-0.2, 0) is 0 Å². The minimum Gasteiger partial charge on any atom is -0.392 e. The predicted octanol–water partition coefficient (Wildman–Crippen LogP) is 0.957. The second-order valence-corrected chi connectivity index (χ2v) is 5.03. The van der Waals surface area contributed by atoms with Crippen molar-refractivity contribution in [3.05, 3.63) is 29.8 Å². The Hall–Kier alpha value is -1.04. The molecule has 100 valence electrons. The van der Waals surface area contributed by atoms with Crippen LogP contribution in [0, 0.1) is 11.7 Å². The van der Waals surface area contributed by atoms with Crippen LogP contribution in [0.1, 0.15) is 25.1 Å². The average molecular weight is 254 g/mol. The van der Waals surface area contributed by atoms with E-state index in [0.717, 1.165) is 19.2 Å². The molecule has 1 saturated heterocycles. The molecule has 4 nitrogen and oxygen atoms in total. The van der Waals surface area contributed by atoms with Gasteiger partial charge in [-0.2, -0.15) is 0 Å². The molecule has 1 fully saturated rings. The number of likely N-dealkylation sites (tertiary alicyclic amines) is 1. The van der Waals surface area contributed by atoms with Crippen molar-refractivity contribution in [3.63, 3.8) is 0 Å². The highest BCUT2D eigenvalue weighted by molar-refractivity contribution is 5.09. The molecule has 0 amide bonds. The summed E-state index contributed by atoms with van der Waals surface area (Å²) in [4.78, 5) is 6.02. The van der Waals surface area contributed by atoms with Crippen LogP contribution in [0.2, 0.25) is 0 Å². The van der Waals surface area contributed by atoms with Crippen molar-refractivity contribution in [2.24, 2.45) is 5.92 Å². The first-order chi connectivity index (χ1) is 8.56. The van der Waals surface area contributed by atoms with Gasteiger partial charge in [-0.25, -0.2) is 4.39 Å². The molecule has 0 spiro atoms. The molecule has 0 saturated carbocycles. The van der Waals surface area contributed by atoms with Gasteiger partial charge in [-0.1, -0.05) is 6.92 Å². The molecule has 2 heterocycles. The molecule has 1 aliphatic heterocycles. The maximum Gasteiger partial charge on any atom is 0.141 e. The number of nitrogens with zero attached hydrogens (tertiary/aromatic N) is 2. The summed E-state index contributed by atoms with van der Waals surface area (Å²) < 4.78 is 12.7. The van der Waals surface area contributed by atoms with Gasteiger partial charge in [0.15, 0.2) is 0 Å². The molecule has 2 N–H and O–H groups in total. The molecule has 1 aromatic rings. The number of halogens is 1. The average Bonchev–Trinajstić information content (AvgIpc) is 2.75. The molecule has 0 bridgehead atoms. The van der Waals surface area contributed by atoms with Crippen molar-refractivity contribution >= 4 is 0 Å². The molecule has 0 radical (unpaired) electrons. The smallest absolute Gasteiger partial charge is 0.141 e. The summed E-state index contributed by atoms with van der Waals surface area (Å²) in [5, 5.41) is 19.6. The van der Waals surface area contributed by atoms with E-state index < -0.39 is 11.9 Å². The number of hydrogen-bond donors (Lipinski definition) is 2. The molecule has 1 aromatic heterocycles. The van der Waals surface area contributed by atoms with Gasteiger partial charge in [-0.05, 0) is 18.6 Å². The minimum absolute atomic E-state index is 0.00624. The number of β-amino-alcohol motifs (C(OH)–C–C–N with tert-alkyl or cyclic N) is 1. The second kappa shape index (κ2) is 5.73. The zero-order valence-electron chi connectivity index (χ0n) is 10.5. The minimum atomic E-state index is -0.705. The molecule has 3 atom stereocenters. The zero-order chi connectivity index (χ0) is 13.1. The fourth-order valence-corrected chi connectivity index (χ4v) is 2.34. The largest absolute Gasteiger partial charge is 0.392 e. The summed E-state index contributed by atoms with van der Waals surface area (Å²) in [5.41, 5.74) is 0.489. The van der Waals surface area contributed by atoms with Crippen LogP contribution in [0.4, 0.5) is 4.39 Å². The Labute approximate surface area is 106 Å². The Bertz CT molecular complexity index is 385. The van der Waals surface area contributed by atoms with Gasteiger partial charge in [0, 0.05) is 25.6 Å². The van der Waals surface area contributed by atoms with Gasteiger partial charge >= 0.3 is 0 Å². The highest BCUT2D eigenvalue weighted by Gasteiger charge is 2.25. The van der Waals surface area contributed by atoms with E-state index in [0.29, 0.717) is 18.8 Å². The first-order valence-electron chi connectivity index (χ1n) is 6.26. The summed E-state index contributed by atoms with van der Waals surface area (Å²) in [6.45, 7) is 4.15. The highest BCUT2D eigenvalue weighted by atomic mass is 19.1. The van der Waals surface area contributed by atoms with E-state index in [1.54, 1.807) is 0 Å². The van der Waals surface area contributed by atoms with Crippen molar-refractivity contribution in [2.45, 2.75) is 25.6 Å². The van der Waals surface area contributed by atoms with Crippen molar-refractivity contribution in [3.8, 4) is 0 Å². The Morgan fingerprint density at radius 2 is 2.33 bits per heavy atom. The third-order valence-corrected chi connectivity index (χ3v) is 3.39. The SMILES string of the molecule is CC(CN1CCC(O)C1)C(O)c1ccc(F)cn1. The maximum atomic E-state index is 12.7. The molecule has 18 heavy (non-hydrogen) atoms. The van der Waals surface area contributed by atoms with Crippen LogP contribution in [0.5, 0.6) is 0 Å². The van der Waals surface area contributed by atoms with Crippen molar-refractivity contribution < 1.29 is 14.6 Å². The maximum absolute atomic E-state index is 12.7. The van der Waals surface area contributed by atoms with Gasteiger partial charge in [0.05, 0.1) is 24.1 Å². The summed E-state index contributed by atoms with van der Waals surface area (Å²) in [5.74, 6) is -0.408. The molecule has 1 aliphatic rings. The number of rotatable bonds is 4. The molecular formula is C13H19FN2O2. The number of pyridine rings is 1. The third kappa shape index (κ3) is 3.25. The Kier molecular flexibility index (Phi) is 4.27. The van der Waals surface area contributed by atoms with Gasteiger partial charge in [0.2, 0.25) is 0 Å². The molecule has 0 aliphatic carbocycles. The van der Waals surface area contributed by atoms with Crippen LogP contribution in [0.15, 0.2) is 18.3 Å². The normalized spacial score (nSPS) is 24.1. The molecular weight excluding hydrogens is 235 g/mol. The molecule has 5 heteroatoms. The fraction of sp³-hybridized carbons (Fsp3) is 0.615. The first-order valence-corrected chi connectivity index (χ1v) is 6.26. The Morgan fingerprint density at radius 1 is 1.56 bits per heavy atom. The monoisotopic (exact) mass is 254 g/mol. The van der Waals surface area contributed by atoms with Crippen molar-refractivity contribution in [2.75, 3.05) is 19.6 Å². The van der Waals surface area contributed by atoms with Crippen molar-refractivity contribution in [1.29, 1.82) is 0 Å². The van der Waals surface area contributed by atoms with E-state index in [1.165, 1.54) is 12.1 Å². The van der Waals surface area contributed by atoms with E-state index in [2.05, 4.69) is 9.88 Å². The first kappa shape index (κ1) is 13.4. The number of aromatic nitrogens is 1. The second-order valence-electron chi connectivity index (χ2n) is 5.03. The zero-order valence-corrected chi connectivity index (χ0v) is 10.5. The fourth-order valence-electron chi connectivity index (χ4n) is 2.34. The number of aliphatic hydroxyl groups is 2. The topological polar surface area (TPSA) is 56.6 Å². The van der Waals surface area contributed by atoms with Crippen LogP contribution < -0.4 is 0 Å². The summed E-state index contributed by atoms with van der Waals surface area (Å²) in [6.07, 6.45) is 0.948. The van der Waals surface area contributed by atoms with Gasteiger partial charge in [-0.3, -0.25) is 4.98 Å². The lowest BCUT2D eigenvalue weighted by Gasteiger charge is -2.24. The summed E-state index contributed by atoms with van der Waals surface area (Å²) >= 11 is 0. The quantitative estimate of drug-likeness (QED) is 0.840. The van der Waals surface area contributed by atoms with E-state index in [-0.39, 0.29) is 12.0 Å². The Morgan fingerprint density at radius 3 is 2.89 bits per heavy atom. The van der Waals surface area contributed by atoms with Gasteiger partial charge < -0.3 is 15.1 Å². The lowest BCUT2D eigenvalue weighted by Crippen LogP contribution is -2.30. The van der Waals surface area contributed by atoms with E-state index in [4.69, 9.17) is 0 Å². The summed E-state index contributed by atoms with van der Waals surface area (Å²) in [7, 11) is 0. The van der Waals surface area contributed by atoms with E-state index in [1.807, 2.05) is 6.92 Å². The molecule has 2 rings (SSSR count). The standard InChI is InChI=1S/C13H19FN2O2/c1-9(7-16-5-4-11(17)8-16)13(18)12-3-2-10(14)6-15-12/h2-3,6,9,11,13,17-18H,4-5,7-8H2,1H3. The lowest BCUT2D eigenvalue weighted by molar-refractivity contribution is 0.0860. The van der Waals surface area contributed by atoms with Gasteiger partial charge in [0.25, 0.3) is 0 Å².